The van der Waals surface area contributed by atoms with Crippen molar-refractivity contribution in [2.45, 2.75) is 50.7 Å². The second-order valence-corrected chi connectivity index (χ2v) is 12.5. The molecule has 0 unspecified atom stereocenters. The molecule has 0 aliphatic carbocycles. The van der Waals surface area contributed by atoms with E-state index >= 15 is 0 Å². The molecule has 0 fully saturated rings. The number of anilines is 1. The van der Waals surface area contributed by atoms with E-state index in [0.29, 0.717) is 27.8 Å². The summed E-state index contributed by atoms with van der Waals surface area (Å²) in [6.45, 7) is 4.59. The van der Waals surface area contributed by atoms with Crippen LogP contribution in [0.3, 0.4) is 0 Å². The highest BCUT2D eigenvalue weighted by molar-refractivity contribution is 7.92. The summed E-state index contributed by atoms with van der Waals surface area (Å²) in [7, 11) is -2.79. The summed E-state index contributed by atoms with van der Waals surface area (Å²) in [5.41, 5.74) is 0.605. The topological polar surface area (TPSA) is 96.0 Å². The number of halogens is 3. The quantitative estimate of drug-likeness (QED) is 0.255. The van der Waals surface area contributed by atoms with Crippen LogP contribution in [0.15, 0.2) is 71.6 Å². The van der Waals surface area contributed by atoms with Gasteiger partial charge in [-0.1, -0.05) is 53.9 Å². The number of hydrogen-bond acceptors (Lipinski definition) is 5. The molecule has 3 aromatic rings. The van der Waals surface area contributed by atoms with Crippen LogP contribution in [0, 0.1) is 0 Å². The second-order valence-electron chi connectivity index (χ2n) is 9.38. The molecule has 3 rings (SSSR count). The molecule has 0 radical (unpaired) electrons. The maximum absolute atomic E-state index is 14.0. The minimum atomic E-state index is -4.26. The number of carbonyl (C=O) groups excluding carboxylic acids is 2. The summed E-state index contributed by atoms with van der Waals surface area (Å²) < 4.78 is 33.9. The first-order chi connectivity index (χ1) is 19.4. The fraction of sp³-hybridized carbons (Fsp3) is 0.310. The van der Waals surface area contributed by atoms with Crippen molar-refractivity contribution in [2.24, 2.45) is 0 Å². The van der Waals surface area contributed by atoms with Crippen molar-refractivity contribution in [3.8, 4) is 5.75 Å². The van der Waals surface area contributed by atoms with Gasteiger partial charge in [-0.3, -0.25) is 13.9 Å². The van der Waals surface area contributed by atoms with Gasteiger partial charge in [0.2, 0.25) is 11.8 Å². The first-order valence-electron chi connectivity index (χ1n) is 12.8. The zero-order valence-electron chi connectivity index (χ0n) is 23.1. The number of ether oxygens (including phenoxy) is 1. The van der Waals surface area contributed by atoms with Crippen LogP contribution < -0.4 is 14.4 Å². The summed E-state index contributed by atoms with van der Waals surface area (Å²) in [6.07, 6.45) is 0.686. The Kier molecular flexibility index (Phi) is 11.3. The number of hydrogen-bond donors (Lipinski definition) is 1. The van der Waals surface area contributed by atoms with Gasteiger partial charge in [-0.25, -0.2) is 8.42 Å². The number of nitrogens with zero attached hydrogens (tertiary/aromatic N) is 2. The number of methoxy groups -OCH3 is 1. The Bertz CT molecular complexity index is 1470. The van der Waals surface area contributed by atoms with E-state index in [2.05, 4.69) is 5.32 Å². The summed E-state index contributed by atoms with van der Waals surface area (Å²) in [5, 5.41) is 3.78. The van der Waals surface area contributed by atoms with Gasteiger partial charge < -0.3 is 15.0 Å². The van der Waals surface area contributed by atoms with Gasteiger partial charge in [-0.15, -0.1) is 0 Å². The molecular formula is C29H32Cl3N3O5S. The van der Waals surface area contributed by atoms with Gasteiger partial charge in [-0.2, -0.15) is 0 Å². The van der Waals surface area contributed by atoms with Crippen LogP contribution in [0.1, 0.15) is 32.8 Å². The molecule has 2 atom stereocenters. The van der Waals surface area contributed by atoms with E-state index in [0.717, 1.165) is 4.31 Å². The van der Waals surface area contributed by atoms with Gasteiger partial charge in [0.15, 0.2) is 0 Å². The Labute approximate surface area is 256 Å². The van der Waals surface area contributed by atoms with Crippen molar-refractivity contribution in [1.29, 1.82) is 0 Å². The van der Waals surface area contributed by atoms with Gasteiger partial charge in [0.05, 0.1) is 17.7 Å². The van der Waals surface area contributed by atoms with Crippen molar-refractivity contribution in [1.82, 2.24) is 10.2 Å². The van der Waals surface area contributed by atoms with Crippen LogP contribution in [-0.4, -0.2) is 50.9 Å². The average molecular weight is 641 g/mol. The lowest BCUT2D eigenvalue weighted by Gasteiger charge is -2.33. The fourth-order valence-corrected chi connectivity index (χ4v) is 6.04. The molecule has 8 nitrogen and oxygen atoms in total. The predicted molar refractivity (Wildman–Crippen MR) is 163 cm³/mol. The fourth-order valence-electron chi connectivity index (χ4n) is 3.94. The van der Waals surface area contributed by atoms with Crippen molar-refractivity contribution < 1.29 is 22.7 Å². The van der Waals surface area contributed by atoms with Crippen molar-refractivity contribution in [3.63, 3.8) is 0 Å². The van der Waals surface area contributed by atoms with E-state index in [1.165, 1.54) is 48.4 Å². The highest BCUT2D eigenvalue weighted by Crippen LogP contribution is 2.29. The molecule has 0 aliphatic heterocycles. The minimum Gasteiger partial charge on any atom is -0.497 e. The van der Waals surface area contributed by atoms with Crippen molar-refractivity contribution in [3.05, 3.63) is 87.4 Å². The lowest BCUT2D eigenvalue weighted by atomic mass is 10.1. The number of carbonyl (C=O) groups is 2. The molecule has 0 spiro atoms. The summed E-state index contributed by atoms with van der Waals surface area (Å²) in [5.74, 6) is -0.577. The Balaban J connectivity index is 2.07. The van der Waals surface area contributed by atoms with E-state index in [9.17, 15) is 18.0 Å². The van der Waals surface area contributed by atoms with Crippen LogP contribution in [0.5, 0.6) is 5.75 Å². The van der Waals surface area contributed by atoms with Crippen molar-refractivity contribution in [2.75, 3.05) is 18.0 Å². The maximum atomic E-state index is 14.0. The molecule has 41 heavy (non-hydrogen) atoms. The van der Waals surface area contributed by atoms with E-state index in [1.807, 2.05) is 13.8 Å². The van der Waals surface area contributed by atoms with Gasteiger partial charge in [0.1, 0.15) is 18.3 Å². The van der Waals surface area contributed by atoms with Crippen LogP contribution in [-0.2, 0) is 26.2 Å². The normalized spacial score (nSPS) is 12.8. The van der Waals surface area contributed by atoms with E-state index in [4.69, 9.17) is 39.5 Å². The third-order valence-corrected chi connectivity index (χ3v) is 9.31. The molecule has 3 aromatic carbocycles. The largest absolute Gasteiger partial charge is 0.497 e. The molecule has 0 aromatic heterocycles. The first kappa shape index (κ1) is 32.5. The SMILES string of the molecule is CC[C@@H](C)NC(=O)[C@@H](C)N(Cc1c(Cl)cccc1Cl)C(=O)CN(c1cccc(Cl)c1)S(=O)(=O)c1ccc(OC)cc1. The Hall–Kier alpha value is -2.98. The molecule has 0 bridgehead atoms. The van der Waals surface area contributed by atoms with Gasteiger partial charge in [0.25, 0.3) is 10.0 Å². The van der Waals surface area contributed by atoms with Crippen molar-refractivity contribution >= 4 is 62.3 Å². The summed E-state index contributed by atoms with van der Waals surface area (Å²) in [6, 6.07) is 15.8. The van der Waals surface area contributed by atoms with E-state index < -0.39 is 34.4 Å². The predicted octanol–water partition coefficient (Wildman–Crippen LogP) is 6.18. The van der Waals surface area contributed by atoms with Crippen LogP contribution in [0.25, 0.3) is 0 Å². The van der Waals surface area contributed by atoms with Crippen LogP contribution in [0.2, 0.25) is 15.1 Å². The number of sulfonamides is 1. The Morgan fingerprint density at radius 3 is 2.12 bits per heavy atom. The molecule has 0 saturated carbocycles. The van der Waals surface area contributed by atoms with Crippen LogP contribution in [0.4, 0.5) is 5.69 Å². The van der Waals surface area contributed by atoms with E-state index in [1.54, 1.807) is 37.3 Å². The summed E-state index contributed by atoms with van der Waals surface area (Å²) >= 11 is 19.0. The zero-order valence-corrected chi connectivity index (χ0v) is 26.2. The molecule has 0 aliphatic rings. The van der Waals surface area contributed by atoms with Gasteiger partial charge in [-0.05, 0) is 74.9 Å². The number of benzene rings is 3. The third kappa shape index (κ3) is 8.07. The zero-order chi connectivity index (χ0) is 30.3. The molecule has 0 saturated heterocycles. The molecule has 12 heteroatoms. The lowest BCUT2D eigenvalue weighted by molar-refractivity contribution is -0.139. The number of nitrogens with one attached hydrogen (secondary N) is 1. The number of amides is 2. The Morgan fingerprint density at radius 1 is 0.951 bits per heavy atom. The number of rotatable bonds is 12. The standard InChI is InChI=1S/C29H32Cl3N3O5S/c1-5-19(2)33-29(37)20(3)34(17-25-26(31)10-7-11-27(25)32)28(36)18-35(22-9-6-8-21(30)16-22)41(38,39)24-14-12-23(40-4)13-15-24/h6-16,19-20H,5,17-18H2,1-4H3,(H,33,37)/t19-,20-/m1/s1. The monoisotopic (exact) mass is 639 g/mol. The molecule has 220 valence electrons. The average Bonchev–Trinajstić information content (AvgIpc) is 2.95. The molecular weight excluding hydrogens is 609 g/mol. The van der Waals surface area contributed by atoms with Crippen LogP contribution >= 0.6 is 34.8 Å². The Morgan fingerprint density at radius 2 is 1.56 bits per heavy atom. The van der Waals surface area contributed by atoms with Gasteiger partial charge >= 0.3 is 0 Å². The molecule has 0 heterocycles. The van der Waals surface area contributed by atoms with Gasteiger partial charge in [0, 0.05) is 33.2 Å². The highest BCUT2D eigenvalue weighted by Gasteiger charge is 2.33. The summed E-state index contributed by atoms with van der Waals surface area (Å²) in [4.78, 5) is 28.4. The lowest BCUT2D eigenvalue weighted by Crippen LogP contribution is -2.52. The highest BCUT2D eigenvalue weighted by atomic mass is 35.5. The minimum absolute atomic E-state index is 0.0608. The maximum Gasteiger partial charge on any atom is 0.264 e. The smallest absolute Gasteiger partial charge is 0.264 e. The van der Waals surface area contributed by atoms with E-state index in [-0.39, 0.29) is 28.2 Å². The molecule has 1 N–H and O–H groups in total. The molecule has 2 amide bonds. The first-order valence-corrected chi connectivity index (χ1v) is 15.4. The second kappa shape index (κ2) is 14.3. The third-order valence-electron chi connectivity index (χ3n) is 6.58.